The lowest BCUT2D eigenvalue weighted by atomic mass is 10.2. The van der Waals surface area contributed by atoms with Gasteiger partial charge >= 0.3 is 5.95 Å². The highest BCUT2D eigenvalue weighted by molar-refractivity contribution is 5.88. The Labute approximate surface area is 200 Å². The van der Waals surface area contributed by atoms with E-state index in [1.165, 1.54) is 5.69 Å². The van der Waals surface area contributed by atoms with Crippen LogP contribution in [0.25, 0.3) is 5.41 Å². The van der Waals surface area contributed by atoms with Crippen LogP contribution in [0.15, 0.2) is 41.4 Å². The van der Waals surface area contributed by atoms with Gasteiger partial charge in [-0.2, -0.15) is 0 Å². The zero-order valence-electron chi connectivity index (χ0n) is 20.6. The number of aliphatic imine (C=N–C) groups is 1. The molecule has 0 spiro atoms. The van der Waals surface area contributed by atoms with Gasteiger partial charge in [0.2, 0.25) is 0 Å². The van der Waals surface area contributed by atoms with E-state index in [1.807, 2.05) is 52.0 Å². The summed E-state index contributed by atoms with van der Waals surface area (Å²) in [6.07, 6.45) is 0. The second kappa shape index (κ2) is 12.8. The van der Waals surface area contributed by atoms with E-state index in [4.69, 9.17) is 11.1 Å². The summed E-state index contributed by atoms with van der Waals surface area (Å²) < 4.78 is 0. The molecule has 3 aromatic rings. The molecule has 0 fully saturated rings. The minimum absolute atomic E-state index is 0.241. The first-order chi connectivity index (χ1) is 16.2. The summed E-state index contributed by atoms with van der Waals surface area (Å²) in [6.45, 7) is 13.8. The van der Waals surface area contributed by atoms with E-state index in [0.717, 1.165) is 41.6 Å². The fourth-order valence-corrected chi connectivity index (χ4v) is 3.24. The van der Waals surface area contributed by atoms with Crippen molar-refractivity contribution in [3.05, 3.63) is 64.6 Å². The van der Waals surface area contributed by atoms with Crippen molar-refractivity contribution in [3.63, 3.8) is 0 Å². The van der Waals surface area contributed by atoms with Crippen LogP contribution in [0.5, 0.6) is 0 Å². The minimum atomic E-state index is 0.241. The molecule has 2 heterocycles. The third kappa shape index (κ3) is 8.40. The monoisotopic (exact) mass is 460 g/mol. The first-order valence-electron chi connectivity index (χ1n) is 11.0. The van der Waals surface area contributed by atoms with Gasteiger partial charge in [0.1, 0.15) is 5.95 Å². The van der Waals surface area contributed by atoms with Gasteiger partial charge in [-0.25, -0.2) is 15.0 Å². The summed E-state index contributed by atoms with van der Waals surface area (Å²) in [6, 6.07) is 13.6. The summed E-state index contributed by atoms with van der Waals surface area (Å²) in [5.74, 6) is 1.13. The van der Waals surface area contributed by atoms with Crippen molar-refractivity contribution in [2.45, 2.75) is 41.5 Å². The number of aromatic nitrogens is 4. The topological polar surface area (TPSA) is 141 Å². The summed E-state index contributed by atoms with van der Waals surface area (Å²) in [7, 11) is 0. The van der Waals surface area contributed by atoms with Gasteiger partial charge in [0, 0.05) is 36.2 Å². The second-order valence-corrected chi connectivity index (χ2v) is 7.52. The molecule has 0 aliphatic rings. The first kappa shape index (κ1) is 26.1. The van der Waals surface area contributed by atoms with Crippen LogP contribution < -0.4 is 20.9 Å². The van der Waals surface area contributed by atoms with Crippen molar-refractivity contribution < 1.29 is 4.99 Å². The molecule has 10 heteroatoms. The molecule has 3 rings (SSSR count). The number of anilines is 2. The van der Waals surface area contributed by atoms with Gasteiger partial charge in [-0.05, 0) is 71.9 Å². The SMILES string of the molecule is CCN(CC)c1ccc(N/C(N)=[NH+]/c2nc(C)cc(C)n2)cc1.Cc1cc(C)nc(N=C=[N-])n1. The minimum Gasteiger partial charge on any atom is -0.422 e. The zero-order chi connectivity index (χ0) is 25.1. The van der Waals surface area contributed by atoms with E-state index >= 15 is 0 Å². The maximum atomic E-state index is 8.20. The van der Waals surface area contributed by atoms with Crippen LogP contribution in [0.4, 0.5) is 23.3 Å². The van der Waals surface area contributed by atoms with Crippen molar-refractivity contribution in [1.29, 1.82) is 0 Å². The number of nitrogens with zero attached hydrogens (tertiary/aromatic N) is 7. The summed E-state index contributed by atoms with van der Waals surface area (Å²) in [5.41, 5.74) is 11.6. The van der Waals surface area contributed by atoms with Crippen LogP contribution >= 0.6 is 0 Å². The van der Waals surface area contributed by atoms with Crippen molar-refractivity contribution in [1.82, 2.24) is 19.9 Å². The van der Waals surface area contributed by atoms with Crippen LogP contribution in [-0.2, 0) is 0 Å². The molecule has 4 N–H and O–H groups in total. The van der Waals surface area contributed by atoms with Gasteiger partial charge in [-0.3, -0.25) is 5.32 Å². The molecular formula is C24H32N10. The normalized spacial score (nSPS) is 10.6. The molecule has 0 radical (unpaired) electrons. The lowest BCUT2D eigenvalue weighted by molar-refractivity contribution is -0.365. The standard InChI is InChI=1S/C17H24N6.C7H7N4/c1-5-23(6-2)15-9-7-14(8-10-15)21-16(18)22-17-19-12(3)11-13(4)20-17;1-5-3-6(2)11-7(10-5)9-4-8/h7-11H,5-6H2,1-4H3,(H3,18,19,20,21,22);3H,1-2H3/q;-1/p+1. The smallest absolute Gasteiger partial charge is 0.354 e. The van der Waals surface area contributed by atoms with Crippen molar-refractivity contribution >= 4 is 35.2 Å². The van der Waals surface area contributed by atoms with E-state index in [-0.39, 0.29) is 5.95 Å². The maximum absolute atomic E-state index is 8.20. The molecule has 0 saturated carbocycles. The number of nitrogens with one attached hydrogen (secondary N) is 2. The number of hydrogen-bond donors (Lipinski definition) is 3. The molecule has 0 aliphatic carbocycles. The predicted octanol–water partition coefficient (Wildman–Crippen LogP) is 2.55. The third-order valence-electron chi connectivity index (χ3n) is 4.62. The highest BCUT2D eigenvalue weighted by atomic mass is 15.2. The number of nitrogens with two attached hydrogens (primary N) is 1. The Morgan fingerprint density at radius 2 is 1.44 bits per heavy atom. The van der Waals surface area contributed by atoms with Crippen LogP contribution in [-0.4, -0.2) is 45.0 Å². The lowest BCUT2D eigenvalue weighted by Gasteiger charge is -2.20. The molecule has 10 nitrogen and oxygen atoms in total. The fraction of sp³-hybridized carbons (Fsp3) is 0.333. The average Bonchev–Trinajstić information content (AvgIpc) is 2.75. The van der Waals surface area contributed by atoms with Crippen LogP contribution in [0, 0.1) is 27.7 Å². The van der Waals surface area contributed by atoms with Crippen LogP contribution in [0.2, 0.25) is 0 Å². The Balaban J connectivity index is 0.000000310. The van der Waals surface area contributed by atoms with Crippen molar-refractivity contribution in [2.24, 2.45) is 10.7 Å². The second-order valence-electron chi connectivity index (χ2n) is 7.52. The average molecular weight is 461 g/mol. The van der Waals surface area contributed by atoms with E-state index in [1.54, 1.807) is 6.01 Å². The van der Waals surface area contributed by atoms with E-state index in [9.17, 15) is 0 Å². The highest BCUT2D eigenvalue weighted by Gasteiger charge is 2.06. The summed E-state index contributed by atoms with van der Waals surface area (Å²) in [4.78, 5) is 25.1. The highest BCUT2D eigenvalue weighted by Crippen LogP contribution is 2.17. The Bertz CT molecular complexity index is 1120. The van der Waals surface area contributed by atoms with E-state index in [2.05, 4.69) is 66.1 Å². The van der Waals surface area contributed by atoms with Gasteiger partial charge in [-0.15, -0.1) is 16.0 Å². The van der Waals surface area contributed by atoms with Crippen LogP contribution in [0.1, 0.15) is 36.6 Å². The number of guanidine groups is 1. The molecule has 0 unspecified atom stereocenters. The molecule has 0 aliphatic heterocycles. The fourth-order valence-electron chi connectivity index (χ4n) is 3.24. The summed E-state index contributed by atoms with van der Waals surface area (Å²) in [5, 5.41) is 11.3. The van der Waals surface area contributed by atoms with Crippen molar-refractivity contribution in [3.8, 4) is 0 Å². The Hall–Kier alpha value is -4.17. The molecule has 0 bridgehead atoms. The van der Waals surface area contributed by atoms with Gasteiger partial charge in [0.05, 0.1) is 17.1 Å². The Morgan fingerprint density at radius 1 is 0.941 bits per heavy atom. The quantitative estimate of drug-likeness (QED) is 0.379. The molecule has 0 saturated heterocycles. The van der Waals surface area contributed by atoms with E-state index in [0.29, 0.717) is 11.9 Å². The summed E-state index contributed by atoms with van der Waals surface area (Å²) >= 11 is 0. The number of rotatable bonds is 6. The zero-order valence-corrected chi connectivity index (χ0v) is 20.6. The molecule has 34 heavy (non-hydrogen) atoms. The lowest BCUT2D eigenvalue weighted by Crippen LogP contribution is -2.72. The molecule has 2 aromatic heterocycles. The van der Waals surface area contributed by atoms with Crippen molar-refractivity contribution in [2.75, 3.05) is 23.3 Å². The van der Waals surface area contributed by atoms with Gasteiger partial charge in [-0.1, -0.05) is 0 Å². The Morgan fingerprint density at radius 3 is 1.91 bits per heavy atom. The van der Waals surface area contributed by atoms with E-state index < -0.39 is 0 Å². The predicted molar refractivity (Wildman–Crippen MR) is 137 cm³/mol. The van der Waals surface area contributed by atoms with Gasteiger partial charge in [0.15, 0.2) is 0 Å². The number of aryl methyl sites for hydroxylation is 4. The molecular weight excluding hydrogens is 428 g/mol. The maximum Gasteiger partial charge on any atom is 0.354 e. The molecule has 0 atom stereocenters. The molecule has 178 valence electrons. The van der Waals surface area contributed by atoms with Gasteiger partial charge < -0.3 is 21.0 Å². The largest absolute Gasteiger partial charge is 0.422 e. The molecule has 0 amide bonds. The Kier molecular flexibility index (Phi) is 9.79. The molecule has 1 aromatic carbocycles. The van der Waals surface area contributed by atoms with Crippen LogP contribution in [0.3, 0.4) is 0 Å². The third-order valence-corrected chi connectivity index (χ3v) is 4.62. The first-order valence-corrected chi connectivity index (χ1v) is 11.0. The number of benzene rings is 1. The number of hydrogen-bond acceptors (Lipinski definition) is 6. The van der Waals surface area contributed by atoms with Gasteiger partial charge in [0.25, 0.3) is 5.96 Å².